The van der Waals surface area contributed by atoms with E-state index in [0.717, 1.165) is 23.1 Å². The number of allylic oxidation sites excluding steroid dienone is 2. The van der Waals surface area contributed by atoms with Crippen molar-refractivity contribution in [2.75, 3.05) is 13.7 Å². The highest BCUT2D eigenvalue weighted by Crippen LogP contribution is 2.34. The van der Waals surface area contributed by atoms with Gasteiger partial charge in [0, 0.05) is 19.7 Å². The molecule has 0 bridgehead atoms. The molecule has 0 amide bonds. The lowest BCUT2D eigenvalue weighted by Gasteiger charge is -2.26. The van der Waals surface area contributed by atoms with Gasteiger partial charge in [-0.25, -0.2) is 4.79 Å². The van der Waals surface area contributed by atoms with Crippen LogP contribution in [0, 0.1) is 11.3 Å². The van der Waals surface area contributed by atoms with Gasteiger partial charge in [-0.05, 0) is 41.2 Å². The molecule has 0 saturated heterocycles. The summed E-state index contributed by atoms with van der Waals surface area (Å²) in [5, 5.41) is 9.37. The van der Waals surface area contributed by atoms with Crippen molar-refractivity contribution >= 4 is 11.5 Å². The van der Waals surface area contributed by atoms with Gasteiger partial charge >= 0.3 is 5.97 Å². The zero-order valence-corrected chi connectivity index (χ0v) is 16.5. The van der Waals surface area contributed by atoms with Gasteiger partial charge in [-0.1, -0.05) is 55.5 Å². The van der Waals surface area contributed by atoms with E-state index in [2.05, 4.69) is 43.3 Å². The van der Waals surface area contributed by atoms with Gasteiger partial charge in [0.05, 0.1) is 18.2 Å². The second-order valence-electron chi connectivity index (χ2n) is 6.69. The van der Waals surface area contributed by atoms with Crippen LogP contribution in [0.15, 0.2) is 66.0 Å². The van der Waals surface area contributed by atoms with E-state index in [-0.39, 0.29) is 5.97 Å². The van der Waals surface area contributed by atoms with Crippen molar-refractivity contribution in [2.45, 2.75) is 26.7 Å². The average molecular weight is 372 g/mol. The van der Waals surface area contributed by atoms with Crippen molar-refractivity contribution in [3.63, 3.8) is 0 Å². The molecule has 0 N–H and O–H groups in total. The Morgan fingerprint density at radius 3 is 2.43 bits per heavy atom. The highest BCUT2D eigenvalue weighted by atomic mass is 16.5. The molecule has 0 unspecified atom stereocenters. The SMILES string of the molecule is CCOC(=O)C1=C(c2ccc(-c3ccccc3CC)cc2)CC(C#N)=CN1C. The number of benzene rings is 2. The van der Waals surface area contributed by atoms with Crippen LogP contribution in [0.4, 0.5) is 0 Å². The van der Waals surface area contributed by atoms with Gasteiger partial charge in [0.2, 0.25) is 0 Å². The van der Waals surface area contributed by atoms with Crippen LogP contribution in [-0.2, 0) is 16.0 Å². The average Bonchev–Trinajstić information content (AvgIpc) is 2.73. The molecule has 0 fully saturated rings. The topological polar surface area (TPSA) is 53.3 Å². The third-order valence-electron chi connectivity index (χ3n) is 4.91. The van der Waals surface area contributed by atoms with E-state index >= 15 is 0 Å². The summed E-state index contributed by atoms with van der Waals surface area (Å²) in [5.41, 5.74) is 6.50. The third kappa shape index (κ3) is 3.84. The minimum Gasteiger partial charge on any atom is -0.461 e. The van der Waals surface area contributed by atoms with Gasteiger partial charge < -0.3 is 9.64 Å². The zero-order chi connectivity index (χ0) is 20.1. The highest BCUT2D eigenvalue weighted by molar-refractivity contribution is 5.98. The predicted molar refractivity (Wildman–Crippen MR) is 111 cm³/mol. The van der Waals surface area contributed by atoms with Crippen molar-refractivity contribution in [1.29, 1.82) is 5.26 Å². The Morgan fingerprint density at radius 2 is 1.79 bits per heavy atom. The lowest BCUT2D eigenvalue weighted by atomic mass is 9.91. The van der Waals surface area contributed by atoms with E-state index in [0.29, 0.717) is 24.3 Å². The molecule has 28 heavy (non-hydrogen) atoms. The number of nitrogens with zero attached hydrogens (tertiary/aromatic N) is 2. The lowest BCUT2D eigenvalue weighted by Crippen LogP contribution is -2.25. The molecule has 142 valence electrons. The van der Waals surface area contributed by atoms with Crippen LogP contribution in [0.1, 0.15) is 31.4 Å². The normalized spacial score (nSPS) is 13.8. The quantitative estimate of drug-likeness (QED) is 0.698. The minimum atomic E-state index is -0.367. The fraction of sp³-hybridized carbons (Fsp3) is 0.250. The molecule has 2 aromatic carbocycles. The van der Waals surface area contributed by atoms with Gasteiger partial charge in [-0.3, -0.25) is 0 Å². The van der Waals surface area contributed by atoms with E-state index in [4.69, 9.17) is 4.74 Å². The molecule has 4 nitrogen and oxygen atoms in total. The fourth-order valence-electron chi connectivity index (χ4n) is 3.57. The van der Waals surface area contributed by atoms with Crippen molar-refractivity contribution in [1.82, 2.24) is 4.90 Å². The van der Waals surface area contributed by atoms with Crippen molar-refractivity contribution < 1.29 is 9.53 Å². The Balaban J connectivity index is 2.03. The number of likely N-dealkylation sites (N-methyl/N-ethyl adjacent to an activating group) is 1. The van der Waals surface area contributed by atoms with Gasteiger partial charge in [0.1, 0.15) is 5.70 Å². The predicted octanol–water partition coefficient (Wildman–Crippen LogP) is 4.93. The Labute approximate surface area is 166 Å². The standard InChI is InChI=1S/C24H24N2O2/c1-4-18-8-6-7-9-21(18)19-10-12-20(13-11-19)22-14-17(15-25)16-26(3)23(22)24(27)28-5-2/h6-13,16H,4-5,14H2,1-3H3. The summed E-state index contributed by atoms with van der Waals surface area (Å²) < 4.78 is 5.25. The second-order valence-corrected chi connectivity index (χ2v) is 6.69. The Bertz CT molecular complexity index is 978. The maximum Gasteiger partial charge on any atom is 0.355 e. The molecule has 0 spiro atoms. The first-order valence-corrected chi connectivity index (χ1v) is 9.51. The molecule has 0 atom stereocenters. The van der Waals surface area contributed by atoms with Crippen LogP contribution in [0.25, 0.3) is 16.7 Å². The van der Waals surface area contributed by atoms with Crippen LogP contribution in [-0.4, -0.2) is 24.5 Å². The molecule has 1 heterocycles. The number of aryl methyl sites for hydroxylation is 1. The second kappa shape index (κ2) is 8.58. The molecule has 4 heteroatoms. The Morgan fingerprint density at radius 1 is 1.11 bits per heavy atom. The first kappa shape index (κ1) is 19.4. The molecule has 0 radical (unpaired) electrons. The largest absolute Gasteiger partial charge is 0.461 e. The summed E-state index contributed by atoms with van der Waals surface area (Å²) in [7, 11) is 1.77. The smallest absolute Gasteiger partial charge is 0.355 e. The number of nitriles is 1. The number of carbonyl (C=O) groups is 1. The van der Waals surface area contributed by atoms with Gasteiger partial charge in [-0.15, -0.1) is 0 Å². The van der Waals surface area contributed by atoms with E-state index < -0.39 is 0 Å². The van der Waals surface area contributed by atoms with E-state index in [1.54, 1.807) is 25.1 Å². The van der Waals surface area contributed by atoms with Crippen LogP contribution in [0.5, 0.6) is 0 Å². The maximum atomic E-state index is 12.5. The van der Waals surface area contributed by atoms with Crippen LogP contribution < -0.4 is 0 Å². The molecular formula is C24H24N2O2. The van der Waals surface area contributed by atoms with Gasteiger partial charge in [0.25, 0.3) is 0 Å². The summed E-state index contributed by atoms with van der Waals surface area (Å²) >= 11 is 0. The number of hydrogen-bond donors (Lipinski definition) is 0. The summed E-state index contributed by atoms with van der Waals surface area (Å²) in [6.07, 6.45) is 3.08. The monoisotopic (exact) mass is 372 g/mol. The number of hydrogen-bond acceptors (Lipinski definition) is 4. The van der Waals surface area contributed by atoms with Gasteiger partial charge in [0.15, 0.2) is 0 Å². The minimum absolute atomic E-state index is 0.311. The van der Waals surface area contributed by atoms with Gasteiger partial charge in [-0.2, -0.15) is 5.26 Å². The molecule has 0 saturated carbocycles. The fourth-order valence-corrected chi connectivity index (χ4v) is 3.57. The summed E-state index contributed by atoms with van der Waals surface area (Å²) in [4.78, 5) is 14.2. The van der Waals surface area contributed by atoms with Crippen molar-refractivity contribution in [2.24, 2.45) is 0 Å². The molecule has 2 aromatic rings. The zero-order valence-electron chi connectivity index (χ0n) is 16.5. The van der Waals surface area contributed by atoms with E-state index in [1.165, 1.54) is 11.1 Å². The van der Waals surface area contributed by atoms with Crippen molar-refractivity contribution in [3.8, 4) is 17.2 Å². The van der Waals surface area contributed by atoms with E-state index in [1.807, 2.05) is 18.2 Å². The molecular weight excluding hydrogens is 348 g/mol. The maximum absolute atomic E-state index is 12.5. The Kier molecular flexibility index (Phi) is 5.96. The lowest BCUT2D eigenvalue weighted by molar-refractivity contribution is -0.139. The number of esters is 1. The first-order valence-electron chi connectivity index (χ1n) is 9.51. The Hall–Kier alpha value is -3.32. The van der Waals surface area contributed by atoms with E-state index in [9.17, 15) is 10.1 Å². The summed E-state index contributed by atoms with van der Waals surface area (Å²) in [6.45, 7) is 4.25. The summed E-state index contributed by atoms with van der Waals surface area (Å²) in [5.74, 6) is -0.367. The summed E-state index contributed by atoms with van der Waals surface area (Å²) in [6, 6.07) is 18.8. The number of carbonyl (C=O) groups excluding carboxylic acids is 1. The van der Waals surface area contributed by atoms with Crippen molar-refractivity contribution in [3.05, 3.63) is 77.1 Å². The van der Waals surface area contributed by atoms with Crippen LogP contribution in [0.2, 0.25) is 0 Å². The molecule has 1 aliphatic rings. The molecule has 3 rings (SSSR count). The molecule has 1 aliphatic heterocycles. The van der Waals surface area contributed by atoms with Crippen LogP contribution in [0.3, 0.4) is 0 Å². The number of ether oxygens (including phenoxy) is 1. The molecule has 0 aliphatic carbocycles. The van der Waals surface area contributed by atoms with Crippen LogP contribution >= 0.6 is 0 Å². The third-order valence-corrected chi connectivity index (χ3v) is 4.91. The first-order chi connectivity index (χ1) is 13.6. The number of rotatable bonds is 5. The highest BCUT2D eigenvalue weighted by Gasteiger charge is 2.26. The molecule has 0 aromatic heterocycles.